The van der Waals surface area contributed by atoms with Crippen molar-refractivity contribution >= 4 is 35.1 Å². The number of anilines is 1. The number of benzene rings is 1. The number of nitrogens with one attached hydrogen (secondary N) is 2. The van der Waals surface area contributed by atoms with Gasteiger partial charge in [-0.15, -0.1) is 5.10 Å². The zero-order chi connectivity index (χ0) is 33.1. The Labute approximate surface area is 267 Å². The minimum absolute atomic E-state index is 0.00412. The van der Waals surface area contributed by atoms with Gasteiger partial charge in [0.15, 0.2) is 5.82 Å². The summed E-state index contributed by atoms with van der Waals surface area (Å²) in [6.07, 6.45) is -4.88. The first kappa shape index (κ1) is 32.3. The number of aromatic nitrogens is 4. The van der Waals surface area contributed by atoms with Crippen LogP contribution in [0, 0.1) is 11.8 Å². The van der Waals surface area contributed by atoms with Crippen LogP contribution in [0.5, 0.6) is 0 Å². The third-order valence-electron chi connectivity index (χ3n) is 8.57. The highest BCUT2D eigenvalue weighted by atomic mass is 35.5. The molecule has 0 radical (unpaired) electrons. The summed E-state index contributed by atoms with van der Waals surface area (Å²) >= 11 is 6.11. The van der Waals surface area contributed by atoms with Crippen LogP contribution < -0.4 is 16.2 Å². The third-order valence-corrected chi connectivity index (χ3v) is 8.88. The van der Waals surface area contributed by atoms with E-state index in [1.165, 1.54) is 9.42 Å². The molecule has 3 aromatic rings. The average Bonchev–Trinajstić information content (AvgIpc) is 3.29. The summed E-state index contributed by atoms with van der Waals surface area (Å²) in [5.74, 6) is 0.528. The number of nitrogens with zero attached hydrogens (tertiary/aromatic N) is 5. The Morgan fingerprint density at radius 2 is 1.91 bits per heavy atom. The Morgan fingerprint density at radius 1 is 1.20 bits per heavy atom. The van der Waals surface area contributed by atoms with Gasteiger partial charge in [0.25, 0.3) is 5.56 Å². The third kappa shape index (κ3) is 6.07. The van der Waals surface area contributed by atoms with E-state index in [2.05, 4.69) is 15.7 Å². The van der Waals surface area contributed by atoms with Gasteiger partial charge >= 0.3 is 12.3 Å². The van der Waals surface area contributed by atoms with E-state index >= 15 is 0 Å². The molecule has 0 bridgehead atoms. The molecule has 46 heavy (non-hydrogen) atoms. The number of carbonyl (C=O) groups is 2. The minimum atomic E-state index is -4.60. The molecule has 12 nitrogen and oxygen atoms in total. The number of carbonyl (C=O) groups excluding carboxylic acids is 2. The molecule has 2 saturated heterocycles. The number of rotatable bonds is 6. The average molecular weight is 666 g/mol. The van der Waals surface area contributed by atoms with Gasteiger partial charge in [-0.05, 0) is 57.2 Å². The van der Waals surface area contributed by atoms with Crippen LogP contribution in [0.1, 0.15) is 62.3 Å². The van der Waals surface area contributed by atoms with E-state index in [0.717, 1.165) is 18.2 Å². The minimum Gasteiger partial charge on any atom is -0.444 e. The van der Waals surface area contributed by atoms with Crippen molar-refractivity contribution in [3.63, 3.8) is 0 Å². The van der Waals surface area contributed by atoms with E-state index in [0.29, 0.717) is 37.7 Å². The fourth-order valence-corrected chi connectivity index (χ4v) is 6.64. The molecular weight excluding hydrogens is 631 g/mol. The van der Waals surface area contributed by atoms with Gasteiger partial charge in [-0.25, -0.2) is 4.79 Å². The van der Waals surface area contributed by atoms with Crippen molar-refractivity contribution in [2.75, 3.05) is 38.2 Å². The molecule has 3 unspecified atom stereocenters. The first-order chi connectivity index (χ1) is 21.7. The van der Waals surface area contributed by atoms with Crippen molar-refractivity contribution in [1.82, 2.24) is 29.4 Å². The molecule has 3 fully saturated rings. The Morgan fingerprint density at radius 3 is 2.54 bits per heavy atom. The Kier molecular flexibility index (Phi) is 8.30. The Hall–Kier alpha value is -3.69. The van der Waals surface area contributed by atoms with Crippen LogP contribution in [0.4, 0.5) is 23.7 Å². The maximum atomic E-state index is 14.3. The fourth-order valence-electron chi connectivity index (χ4n) is 6.41. The van der Waals surface area contributed by atoms with Crippen LogP contribution in [0.25, 0.3) is 5.78 Å². The van der Waals surface area contributed by atoms with Gasteiger partial charge in [-0.3, -0.25) is 14.5 Å². The zero-order valence-corrected chi connectivity index (χ0v) is 26.5. The molecule has 248 valence electrons. The zero-order valence-electron chi connectivity index (χ0n) is 25.8. The van der Waals surface area contributed by atoms with E-state index in [1.807, 2.05) is 6.92 Å². The smallest absolute Gasteiger partial charge is 0.416 e. The topological polar surface area (TPSA) is 132 Å². The van der Waals surface area contributed by atoms with Crippen molar-refractivity contribution < 1.29 is 32.2 Å². The monoisotopic (exact) mass is 665 g/mol. The molecule has 2 N–H and O–H groups in total. The lowest BCUT2D eigenvalue weighted by atomic mass is 10.0. The van der Waals surface area contributed by atoms with Crippen LogP contribution in [-0.4, -0.2) is 74.5 Å². The first-order valence-corrected chi connectivity index (χ1v) is 15.5. The number of amides is 2. The number of piperazine rings is 1. The van der Waals surface area contributed by atoms with Gasteiger partial charge in [0.2, 0.25) is 11.7 Å². The lowest BCUT2D eigenvalue weighted by molar-refractivity contribution is -0.137. The lowest BCUT2D eigenvalue weighted by Gasteiger charge is -2.38. The fraction of sp³-hybridized carbons (Fsp3) is 0.567. The van der Waals surface area contributed by atoms with Crippen molar-refractivity contribution in [2.24, 2.45) is 11.8 Å². The number of ether oxygens (including phenoxy) is 2. The van der Waals surface area contributed by atoms with Crippen LogP contribution in [-0.2, 0) is 33.4 Å². The van der Waals surface area contributed by atoms with E-state index in [-0.39, 0.29) is 59.4 Å². The molecule has 3 aliphatic rings. The molecule has 1 saturated carbocycles. The number of fused-ring (bicyclic) bond motifs is 2. The number of hydrogen-bond acceptors (Lipinski definition) is 8. The van der Waals surface area contributed by atoms with E-state index in [9.17, 15) is 27.6 Å². The maximum Gasteiger partial charge on any atom is 0.416 e. The highest BCUT2D eigenvalue weighted by molar-refractivity contribution is 6.33. The van der Waals surface area contributed by atoms with E-state index in [1.54, 1.807) is 25.3 Å². The Bertz CT molecular complexity index is 1740. The predicted octanol–water partition coefficient (Wildman–Crippen LogP) is 4.01. The largest absolute Gasteiger partial charge is 0.444 e. The van der Waals surface area contributed by atoms with Crippen LogP contribution in [0.15, 0.2) is 23.0 Å². The second kappa shape index (κ2) is 11.8. The highest BCUT2D eigenvalue weighted by Gasteiger charge is 2.57. The molecule has 4 heterocycles. The van der Waals surface area contributed by atoms with Gasteiger partial charge in [0.1, 0.15) is 12.1 Å². The summed E-state index contributed by atoms with van der Waals surface area (Å²) in [7, 11) is 0. The molecule has 3 atom stereocenters. The van der Waals surface area contributed by atoms with E-state index < -0.39 is 40.9 Å². The van der Waals surface area contributed by atoms with E-state index in [4.69, 9.17) is 26.1 Å². The first-order valence-electron chi connectivity index (χ1n) is 15.1. The molecule has 2 aliphatic heterocycles. The number of halogens is 4. The van der Waals surface area contributed by atoms with Crippen LogP contribution >= 0.6 is 11.6 Å². The second-order valence-corrected chi connectivity index (χ2v) is 13.2. The van der Waals surface area contributed by atoms with Crippen molar-refractivity contribution in [3.05, 3.63) is 56.2 Å². The molecule has 1 aromatic carbocycles. The summed E-state index contributed by atoms with van der Waals surface area (Å²) in [6, 6.07) is 1.92. The van der Waals surface area contributed by atoms with Gasteiger partial charge in [-0.1, -0.05) is 18.5 Å². The number of hydrogen-bond donors (Lipinski definition) is 2. The Balaban J connectivity index is 1.42. The predicted molar refractivity (Wildman–Crippen MR) is 161 cm³/mol. The summed E-state index contributed by atoms with van der Waals surface area (Å²) in [5.41, 5.74) is -1.45. The van der Waals surface area contributed by atoms with Crippen molar-refractivity contribution in [3.8, 4) is 0 Å². The molecule has 0 spiro atoms. The lowest BCUT2D eigenvalue weighted by Crippen LogP contribution is -2.52. The summed E-state index contributed by atoms with van der Waals surface area (Å²) in [5, 5.41) is 10.2. The maximum absolute atomic E-state index is 14.3. The highest BCUT2D eigenvalue weighted by Crippen LogP contribution is 2.56. The van der Waals surface area contributed by atoms with Gasteiger partial charge in [0, 0.05) is 31.2 Å². The summed E-state index contributed by atoms with van der Waals surface area (Å²) < 4.78 is 53.5. The molecule has 2 amide bonds. The summed E-state index contributed by atoms with van der Waals surface area (Å²) in [6.45, 7) is 8.93. The quantitative estimate of drug-likeness (QED) is 0.404. The second-order valence-electron chi connectivity index (χ2n) is 12.8. The van der Waals surface area contributed by atoms with Gasteiger partial charge < -0.3 is 24.7 Å². The van der Waals surface area contributed by atoms with Crippen molar-refractivity contribution in [1.29, 1.82) is 0 Å². The molecular formula is C30H35ClF3N7O5. The molecule has 2 aromatic heterocycles. The number of alkyl halides is 3. The van der Waals surface area contributed by atoms with Crippen LogP contribution in [0.2, 0.25) is 5.02 Å². The molecule has 16 heteroatoms. The standard InChI is InChI=1S/C30H35ClF3N7O5/c1-5-20-24(21-11-35-8-9-39(21)28(44)46-29(2,3)4)26(43)41-27(37-25(38-41)23-16-13-45-14-17(16)23)40(20)12-22(42)36-19-7-6-15(10-18(19)31)30(32,33)34/h6-7,10,16-17,21,23,35H,5,8-9,11-14H2,1-4H3,(H,36,42). The summed E-state index contributed by atoms with van der Waals surface area (Å²) in [4.78, 5) is 47.3. The van der Waals surface area contributed by atoms with Crippen molar-refractivity contribution in [2.45, 2.75) is 64.4 Å². The van der Waals surface area contributed by atoms with Gasteiger partial charge in [-0.2, -0.15) is 22.7 Å². The normalized spacial score (nSPS) is 23.0. The van der Waals surface area contributed by atoms with Gasteiger partial charge in [0.05, 0.1) is 41.1 Å². The molecule has 6 rings (SSSR count). The SMILES string of the molecule is CCc1c(C2CNCCN2C(=O)OC(C)(C)C)c(=O)n2nc(C3C4COCC43)nc2n1CC(=O)Nc1ccc(C(F)(F)F)cc1Cl. The van der Waals surface area contributed by atoms with Crippen LogP contribution in [0.3, 0.4) is 0 Å². The molecule has 1 aliphatic carbocycles.